The number of fused-ring (bicyclic) bond motifs is 1. The van der Waals surface area contributed by atoms with Crippen molar-refractivity contribution in [3.05, 3.63) is 141 Å². The van der Waals surface area contributed by atoms with Crippen molar-refractivity contribution >= 4 is 34.9 Å². The summed E-state index contributed by atoms with van der Waals surface area (Å²) in [5.41, 5.74) is 1.80. The van der Waals surface area contributed by atoms with Gasteiger partial charge < -0.3 is 4.74 Å². The van der Waals surface area contributed by atoms with Crippen molar-refractivity contribution in [1.29, 1.82) is 0 Å². The fourth-order valence-electron chi connectivity index (χ4n) is 4.59. The van der Waals surface area contributed by atoms with Gasteiger partial charge in [-0.05, 0) is 48.4 Å². The Morgan fingerprint density at radius 2 is 1.48 bits per heavy atom. The van der Waals surface area contributed by atoms with Gasteiger partial charge in [0.15, 0.2) is 6.10 Å². The number of carbonyl (C=O) groups is 4. The second-order valence-corrected chi connectivity index (χ2v) is 9.05. The van der Waals surface area contributed by atoms with Gasteiger partial charge in [-0.15, -0.1) is 0 Å². The number of carbonyl (C=O) groups excluding carboxylic acids is 4. The van der Waals surface area contributed by atoms with Crippen molar-refractivity contribution in [2.45, 2.75) is 19.4 Å². The maximum atomic E-state index is 13.4. The summed E-state index contributed by atoms with van der Waals surface area (Å²) in [5.74, 6) is -2.49. The Hall–Kier alpha value is -5.44. The molecule has 0 aromatic heterocycles. The second-order valence-electron chi connectivity index (χ2n) is 9.05. The lowest BCUT2D eigenvalue weighted by molar-refractivity contribution is -0.384. The zero-order chi connectivity index (χ0) is 28.4. The number of Topliss-reactive ketones (excluding diaryl/α,β-unsaturated/α-hetero) is 1. The molecule has 1 atom stereocenters. The van der Waals surface area contributed by atoms with E-state index in [9.17, 15) is 29.3 Å². The highest BCUT2D eigenvalue weighted by atomic mass is 16.6. The van der Waals surface area contributed by atoms with E-state index in [1.54, 1.807) is 42.5 Å². The highest BCUT2D eigenvalue weighted by molar-refractivity contribution is 6.35. The molecule has 0 saturated carbocycles. The molecule has 0 saturated heterocycles. The van der Waals surface area contributed by atoms with Gasteiger partial charge in [-0.1, -0.05) is 55.5 Å². The number of ketones is 1. The van der Waals surface area contributed by atoms with E-state index in [1.165, 1.54) is 42.5 Å². The lowest BCUT2D eigenvalue weighted by Gasteiger charge is -2.18. The summed E-state index contributed by atoms with van der Waals surface area (Å²) in [6, 6.07) is 24.5. The van der Waals surface area contributed by atoms with Gasteiger partial charge >= 0.3 is 5.97 Å². The van der Waals surface area contributed by atoms with Crippen molar-refractivity contribution < 1.29 is 28.8 Å². The number of rotatable bonds is 8. The average Bonchev–Trinajstić information content (AvgIpc) is 3.24. The van der Waals surface area contributed by atoms with E-state index in [2.05, 4.69) is 0 Å². The molecule has 1 aliphatic heterocycles. The van der Waals surface area contributed by atoms with Crippen molar-refractivity contribution in [3.8, 4) is 0 Å². The smallest absolute Gasteiger partial charge is 0.339 e. The van der Waals surface area contributed by atoms with Crippen LogP contribution in [0.25, 0.3) is 0 Å². The topological polar surface area (TPSA) is 124 Å². The predicted octanol–water partition coefficient (Wildman–Crippen LogP) is 5.74. The number of hydrogen-bond donors (Lipinski definition) is 0. The largest absolute Gasteiger partial charge is 0.445 e. The van der Waals surface area contributed by atoms with Gasteiger partial charge in [0, 0.05) is 23.3 Å². The molecule has 2 amide bonds. The molecule has 1 aliphatic rings. The number of anilines is 1. The highest BCUT2D eigenvalue weighted by Crippen LogP contribution is 2.32. The number of ether oxygens (including phenoxy) is 1. The zero-order valence-corrected chi connectivity index (χ0v) is 21.3. The van der Waals surface area contributed by atoms with Crippen LogP contribution >= 0.6 is 0 Å². The SMILES string of the molecule is CCc1ccccc1N1C(=O)c2ccc(C(=O)O[C@H](C(=O)c3ccccc3)c3ccc([N+](=O)[O-])cc3)cc2C1=O. The van der Waals surface area contributed by atoms with Crippen molar-refractivity contribution in [2.24, 2.45) is 0 Å². The number of nitro benzene ring substituents is 1. The highest BCUT2D eigenvalue weighted by Gasteiger charge is 2.38. The van der Waals surface area contributed by atoms with E-state index >= 15 is 0 Å². The lowest BCUT2D eigenvalue weighted by atomic mass is 9.99. The van der Waals surface area contributed by atoms with Crippen LogP contribution in [0.15, 0.2) is 97.1 Å². The van der Waals surface area contributed by atoms with Crippen LogP contribution in [0, 0.1) is 10.1 Å². The minimum absolute atomic E-state index is 0.0294. The van der Waals surface area contributed by atoms with Crippen LogP contribution in [0.2, 0.25) is 0 Å². The number of hydrogen-bond acceptors (Lipinski definition) is 7. The fraction of sp³-hybridized carbons (Fsp3) is 0.0968. The summed E-state index contributed by atoms with van der Waals surface area (Å²) in [5, 5.41) is 11.1. The van der Waals surface area contributed by atoms with Crippen LogP contribution in [-0.4, -0.2) is 28.5 Å². The zero-order valence-electron chi connectivity index (χ0n) is 21.3. The number of amides is 2. The molecule has 0 fully saturated rings. The molecular weight excluding hydrogens is 512 g/mol. The van der Waals surface area contributed by atoms with Crippen LogP contribution < -0.4 is 4.90 Å². The van der Waals surface area contributed by atoms with E-state index in [0.717, 1.165) is 10.5 Å². The normalized spacial score (nSPS) is 13.1. The average molecular weight is 535 g/mol. The van der Waals surface area contributed by atoms with Crippen LogP contribution in [-0.2, 0) is 11.2 Å². The molecule has 198 valence electrons. The molecular formula is C31H22N2O7. The predicted molar refractivity (Wildman–Crippen MR) is 145 cm³/mol. The van der Waals surface area contributed by atoms with Crippen molar-refractivity contribution in [3.63, 3.8) is 0 Å². The van der Waals surface area contributed by atoms with Gasteiger partial charge in [0.25, 0.3) is 17.5 Å². The molecule has 0 radical (unpaired) electrons. The molecule has 9 heteroatoms. The first-order valence-corrected chi connectivity index (χ1v) is 12.5. The molecule has 0 bridgehead atoms. The van der Waals surface area contributed by atoms with Crippen molar-refractivity contribution in [2.75, 3.05) is 4.90 Å². The van der Waals surface area contributed by atoms with Crippen LogP contribution in [0.5, 0.6) is 0 Å². The lowest BCUT2D eigenvalue weighted by Crippen LogP contribution is -2.30. The monoisotopic (exact) mass is 534 g/mol. The molecule has 4 aromatic rings. The Kier molecular flexibility index (Phi) is 7.03. The molecule has 1 heterocycles. The third kappa shape index (κ3) is 4.76. The number of imide groups is 1. The minimum Gasteiger partial charge on any atom is -0.445 e. The number of aryl methyl sites for hydroxylation is 1. The summed E-state index contributed by atoms with van der Waals surface area (Å²) in [6.45, 7) is 1.92. The van der Waals surface area contributed by atoms with Gasteiger partial charge in [-0.25, -0.2) is 9.69 Å². The fourth-order valence-corrected chi connectivity index (χ4v) is 4.59. The second kappa shape index (κ2) is 10.7. The number of non-ortho nitro benzene ring substituents is 1. The molecule has 0 spiro atoms. The van der Waals surface area contributed by atoms with E-state index in [1.807, 2.05) is 19.1 Å². The van der Waals surface area contributed by atoms with E-state index < -0.39 is 34.6 Å². The van der Waals surface area contributed by atoms with Gasteiger partial charge in [0.05, 0.1) is 27.3 Å². The van der Waals surface area contributed by atoms with Gasteiger partial charge in [0.2, 0.25) is 5.78 Å². The Bertz CT molecular complexity index is 1660. The van der Waals surface area contributed by atoms with Crippen LogP contribution in [0.3, 0.4) is 0 Å². The summed E-state index contributed by atoms with van der Waals surface area (Å²) >= 11 is 0. The molecule has 5 rings (SSSR count). The van der Waals surface area contributed by atoms with Crippen LogP contribution in [0.1, 0.15) is 65.6 Å². The molecule has 9 nitrogen and oxygen atoms in total. The third-order valence-corrected chi connectivity index (χ3v) is 6.66. The standard InChI is InChI=1S/C31H22N2O7/c1-2-19-8-6-7-11-26(19)32-29(35)24-17-14-22(18-25(24)30(32)36)31(37)40-28(27(34)20-9-4-3-5-10-20)21-12-15-23(16-13-21)33(38)39/h3-18,28H,2H2,1H3/t28-/m0/s1. The maximum absolute atomic E-state index is 13.4. The quantitative estimate of drug-likeness (QED) is 0.0928. The first-order chi connectivity index (χ1) is 19.3. The first kappa shape index (κ1) is 26.2. The van der Waals surface area contributed by atoms with Gasteiger partial charge in [-0.2, -0.15) is 0 Å². The van der Waals surface area contributed by atoms with Gasteiger partial charge in [0.1, 0.15) is 0 Å². The molecule has 0 N–H and O–H groups in total. The molecule has 40 heavy (non-hydrogen) atoms. The number of esters is 1. The number of nitrogens with zero attached hydrogens (tertiary/aromatic N) is 2. The Morgan fingerprint density at radius 1 is 0.825 bits per heavy atom. The number of benzene rings is 4. The molecule has 4 aromatic carbocycles. The Morgan fingerprint density at radius 3 is 2.15 bits per heavy atom. The summed E-state index contributed by atoms with van der Waals surface area (Å²) in [4.78, 5) is 64.7. The minimum atomic E-state index is -1.41. The Balaban J connectivity index is 1.46. The van der Waals surface area contributed by atoms with Crippen molar-refractivity contribution in [1.82, 2.24) is 0 Å². The van der Waals surface area contributed by atoms with E-state index in [4.69, 9.17) is 4.74 Å². The summed E-state index contributed by atoms with van der Waals surface area (Å²) in [7, 11) is 0. The molecule has 0 aliphatic carbocycles. The van der Waals surface area contributed by atoms with Gasteiger partial charge in [-0.3, -0.25) is 24.5 Å². The van der Waals surface area contributed by atoms with E-state index in [0.29, 0.717) is 12.1 Å². The molecule has 0 unspecified atom stereocenters. The summed E-state index contributed by atoms with van der Waals surface area (Å²) in [6.07, 6.45) is -0.796. The number of nitro groups is 1. The number of para-hydroxylation sites is 1. The third-order valence-electron chi connectivity index (χ3n) is 6.66. The first-order valence-electron chi connectivity index (χ1n) is 12.5. The van der Waals surface area contributed by atoms with E-state index in [-0.39, 0.29) is 33.5 Å². The maximum Gasteiger partial charge on any atom is 0.339 e. The Labute approximate surface area is 228 Å². The summed E-state index contributed by atoms with van der Waals surface area (Å²) < 4.78 is 5.64. The van der Waals surface area contributed by atoms with Crippen LogP contribution in [0.4, 0.5) is 11.4 Å².